The zero-order valence-electron chi connectivity index (χ0n) is 11.2. The summed E-state index contributed by atoms with van der Waals surface area (Å²) in [6.07, 6.45) is 0. The Kier molecular flexibility index (Phi) is 3.53. The normalized spacial score (nSPS) is 10.6. The van der Waals surface area contributed by atoms with Gasteiger partial charge in [-0.1, -0.05) is 24.3 Å². The van der Waals surface area contributed by atoms with Gasteiger partial charge < -0.3 is 4.74 Å². The molecule has 106 valence electrons. The van der Waals surface area contributed by atoms with E-state index in [2.05, 4.69) is 10.2 Å². The Bertz CT molecular complexity index is 841. The molecule has 3 aromatic rings. The number of hydrogen-bond donors (Lipinski definition) is 1. The Morgan fingerprint density at radius 2 is 1.86 bits per heavy atom. The minimum Gasteiger partial charge on any atom is -0.495 e. The molecule has 0 atom stereocenters. The summed E-state index contributed by atoms with van der Waals surface area (Å²) in [6.45, 7) is 0. The molecule has 6 heteroatoms. The first-order valence-electron chi connectivity index (χ1n) is 6.28. The third-order valence-corrected chi connectivity index (χ3v) is 3.39. The van der Waals surface area contributed by atoms with Crippen LogP contribution in [0.4, 0.5) is 4.39 Å². The summed E-state index contributed by atoms with van der Waals surface area (Å²) in [4.78, 5) is 0. The van der Waals surface area contributed by atoms with Crippen molar-refractivity contribution < 1.29 is 9.13 Å². The lowest BCUT2D eigenvalue weighted by Gasteiger charge is -2.11. The molecule has 0 bridgehead atoms. The van der Waals surface area contributed by atoms with E-state index in [1.54, 1.807) is 29.9 Å². The maximum absolute atomic E-state index is 14.0. The van der Waals surface area contributed by atoms with Gasteiger partial charge in [-0.05, 0) is 36.5 Å². The second-order valence-electron chi connectivity index (χ2n) is 4.34. The number of nitrogens with zero attached hydrogens (tertiary/aromatic N) is 2. The molecule has 2 aromatic carbocycles. The number of H-pyrrole nitrogens is 1. The topological polar surface area (TPSA) is 42.8 Å². The standard InChI is InChI=1S/C15H12FN3OS/c1-20-13-9-5-4-8-12(13)19-14(17-18-15(19)21)10-6-2-3-7-11(10)16/h2-9H,1H3,(H,18,21). The number of benzene rings is 2. The van der Waals surface area contributed by atoms with E-state index in [1.165, 1.54) is 6.07 Å². The number of nitrogens with one attached hydrogen (secondary N) is 1. The highest BCUT2D eigenvalue weighted by molar-refractivity contribution is 7.71. The Morgan fingerprint density at radius 3 is 2.62 bits per heavy atom. The molecule has 0 amide bonds. The van der Waals surface area contributed by atoms with Gasteiger partial charge >= 0.3 is 0 Å². The van der Waals surface area contributed by atoms with Crippen LogP contribution in [-0.2, 0) is 0 Å². The molecule has 1 N–H and O–H groups in total. The fourth-order valence-electron chi connectivity index (χ4n) is 2.16. The molecule has 0 aliphatic rings. The summed E-state index contributed by atoms with van der Waals surface area (Å²) in [7, 11) is 1.57. The van der Waals surface area contributed by atoms with Gasteiger partial charge in [-0.25, -0.2) is 4.39 Å². The van der Waals surface area contributed by atoms with Gasteiger partial charge in [0, 0.05) is 0 Å². The number of para-hydroxylation sites is 2. The van der Waals surface area contributed by atoms with E-state index in [4.69, 9.17) is 17.0 Å². The van der Waals surface area contributed by atoms with Crippen LogP contribution in [0.2, 0.25) is 0 Å². The zero-order chi connectivity index (χ0) is 14.8. The SMILES string of the molecule is COc1ccccc1-n1c(-c2ccccc2F)n[nH]c1=S. The average molecular weight is 301 g/mol. The van der Waals surface area contributed by atoms with Crippen LogP contribution in [0.5, 0.6) is 5.75 Å². The third-order valence-electron chi connectivity index (χ3n) is 3.11. The monoisotopic (exact) mass is 301 g/mol. The Labute approximate surface area is 125 Å². The molecule has 0 saturated heterocycles. The second kappa shape index (κ2) is 5.49. The van der Waals surface area contributed by atoms with E-state index in [0.29, 0.717) is 27.6 Å². The predicted molar refractivity (Wildman–Crippen MR) is 80.7 cm³/mol. The van der Waals surface area contributed by atoms with Gasteiger partial charge in [0.1, 0.15) is 11.6 Å². The third kappa shape index (κ3) is 2.34. The van der Waals surface area contributed by atoms with Crippen LogP contribution in [0.3, 0.4) is 0 Å². The molecule has 3 rings (SSSR count). The Balaban J connectivity index is 2.28. The first kappa shape index (κ1) is 13.5. The molecule has 0 radical (unpaired) electrons. The lowest BCUT2D eigenvalue weighted by molar-refractivity contribution is 0.413. The van der Waals surface area contributed by atoms with Gasteiger partial charge in [-0.3, -0.25) is 9.67 Å². The van der Waals surface area contributed by atoms with Gasteiger partial charge in [0.2, 0.25) is 0 Å². The van der Waals surface area contributed by atoms with Crippen LogP contribution in [0.1, 0.15) is 0 Å². The highest BCUT2D eigenvalue weighted by Crippen LogP contribution is 2.28. The fraction of sp³-hybridized carbons (Fsp3) is 0.0667. The van der Waals surface area contributed by atoms with Gasteiger partial charge in [0.25, 0.3) is 0 Å². The van der Waals surface area contributed by atoms with Crippen LogP contribution < -0.4 is 4.74 Å². The lowest BCUT2D eigenvalue weighted by atomic mass is 10.2. The number of hydrogen-bond acceptors (Lipinski definition) is 3. The second-order valence-corrected chi connectivity index (χ2v) is 4.73. The van der Waals surface area contributed by atoms with E-state index < -0.39 is 0 Å². The minimum absolute atomic E-state index is 0.359. The van der Waals surface area contributed by atoms with E-state index in [0.717, 1.165) is 0 Å². The summed E-state index contributed by atoms with van der Waals surface area (Å²) >= 11 is 5.27. The maximum Gasteiger partial charge on any atom is 0.200 e. The van der Waals surface area contributed by atoms with Crippen LogP contribution in [0, 0.1) is 10.6 Å². The van der Waals surface area contributed by atoms with E-state index in [9.17, 15) is 4.39 Å². The molecule has 0 saturated carbocycles. The van der Waals surface area contributed by atoms with Crippen molar-refractivity contribution in [2.45, 2.75) is 0 Å². The predicted octanol–water partition coefficient (Wildman–Crippen LogP) is 3.74. The van der Waals surface area contributed by atoms with E-state index in [1.807, 2.05) is 24.3 Å². The summed E-state index contributed by atoms with van der Waals surface area (Å²) in [6, 6.07) is 13.8. The van der Waals surface area contributed by atoms with Gasteiger partial charge in [-0.15, -0.1) is 0 Å². The largest absolute Gasteiger partial charge is 0.495 e. The number of halogens is 1. The number of aromatic amines is 1. The van der Waals surface area contributed by atoms with Gasteiger partial charge in [0.15, 0.2) is 10.6 Å². The van der Waals surface area contributed by atoms with Crippen LogP contribution in [0.25, 0.3) is 17.1 Å². The number of ether oxygens (including phenoxy) is 1. The maximum atomic E-state index is 14.0. The van der Waals surface area contributed by atoms with Crippen LogP contribution >= 0.6 is 12.2 Å². The molecule has 0 aliphatic carbocycles. The summed E-state index contributed by atoms with van der Waals surface area (Å²) < 4.78 is 21.4. The van der Waals surface area contributed by atoms with Crippen molar-refractivity contribution in [3.63, 3.8) is 0 Å². The van der Waals surface area contributed by atoms with E-state index >= 15 is 0 Å². The highest BCUT2D eigenvalue weighted by Gasteiger charge is 2.16. The first-order valence-corrected chi connectivity index (χ1v) is 6.69. The van der Waals surface area contributed by atoms with Gasteiger partial charge in [0.05, 0.1) is 18.4 Å². The molecule has 21 heavy (non-hydrogen) atoms. The van der Waals surface area contributed by atoms with Crippen molar-refractivity contribution >= 4 is 12.2 Å². The fourth-order valence-corrected chi connectivity index (χ4v) is 2.39. The van der Waals surface area contributed by atoms with Crippen molar-refractivity contribution in [1.82, 2.24) is 14.8 Å². The minimum atomic E-state index is -0.359. The zero-order valence-corrected chi connectivity index (χ0v) is 12.0. The van der Waals surface area contributed by atoms with Crippen molar-refractivity contribution in [2.24, 2.45) is 0 Å². The Morgan fingerprint density at radius 1 is 1.14 bits per heavy atom. The lowest BCUT2D eigenvalue weighted by Crippen LogP contribution is -2.01. The first-order chi connectivity index (χ1) is 10.2. The van der Waals surface area contributed by atoms with Crippen molar-refractivity contribution in [2.75, 3.05) is 7.11 Å². The molecule has 1 heterocycles. The van der Waals surface area contributed by atoms with Crippen molar-refractivity contribution in [1.29, 1.82) is 0 Å². The molecule has 1 aromatic heterocycles. The molecular formula is C15H12FN3OS. The molecule has 0 spiro atoms. The van der Waals surface area contributed by atoms with Crippen molar-refractivity contribution in [3.8, 4) is 22.8 Å². The van der Waals surface area contributed by atoms with Crippen LogP contribution in [0.15, 0.2) is 48.5 Å². The van der Waals surface area contributed by atoms with Crippen LogP contribution in [-0.4, -0.2) is 21.9 Å². The summed E-state index contributed by atoms with van der Waals surface area (Å²) in [5, 5.41) is 6.86. The van der Waals surface area contributed by atoms with E-state index in [-0.39, 0.29) is 5.82 Å². The summed E-state index contributed by atoms with van der Waals surface area (Å²) in [5.41, 5.74) is 1.08. The molecule has 4 nitrogen and oxygen atoms in total. The van der Waals surface area contributed by atoms with Gasteiger partial charge in [-0.2, -0.15) is 5.10 Å². The number of rotatable bonds is 3. The van der Waals surface area contributed by atoms with Crippen molar-refractivity contribution in [3.05, 3.63) is 59.1 Å². The number of methoxy groups -OCH3 is 1. The average Bonchev–Trinajstić information content (AvgIpc) is 2.89. The summed E-state index contributed by atoms with van der Waals surface area (Å²) in [5.74, 6) is 0.679. The highest BCUT2D eigenvalue weighted by atomic mass is 32.1. The number of aromatic nitrogens is 3. The molecule has 0 fully saturated rings. The molecule has 0 unspecified atom stereocenters. The quantitative estimate of drug-likeness (QED) is 0.749. The Hall–Kier alpha value is -2.47. The molecule has 0 aliphatic heterocycles. The smallest absolute Gasteiger partial charge is 0.200 e. The molecular weight excluding hydrogens is 289 g/mol.